The predicted molar refractivity (Wildman–Crippen MR) is 71.3 cm³/mol. The molecule has 0 bridgehead atoms. The number of nitrogens with zero attached hydrogens (tertiary/aromatic N) is 1. The smallest absolute Gasteiger partial charge is 0.252 e. The monoisotopic (exact) mass is 276 g/mol. The van der Waals surface area contributed by atoms with Gasteiger partial charge in [-0.3, -0.25) is 19.3 Å². The van der Waals surface area contributed by atoms with Crippen molar-refractivity contribution in [1.82, 2.24) is 10.2 Å². The van der Waals surface area contributed by atoms with E-state index in [-0.39, 0.29) is 24.3 Å². The topological polar surface area (TPSA) is 79.6 Å². The lowest BCUT2D eigenvalue weighted by molar-refractivity contribution is -0.141. The molecule has 20 heavy (non-hydrogen) atoms. The molecule has 1 saturated heterocycles. The van der Waals surface area contributed by atoms with Crippen molar-refractivity contribution < 1.29 is 18.8 Å². The number of hydrogen-bond acceptors (Lipinski definition) is 4. The number of nitrogens with one attached hydrogen (secondary N) is 1. The first-order valence-electron chi connectivity index (χ1n) is 6.37. The standard InChI is InChI=1S/C14H16N2O4/c1-9(2)16-13(18)8-11(14(16)19)15-12(17)6-5-10-4-3-7-20-10/h3-7,9,11H,8H2,1-2H3,(H,15,17)/b6-5+/t11-/m0/s1. The molecule has 2 heterocycles. The van der Waals surface area contributed by atoms with E-state index in [0.717, 1.165) is 0 Å². The molecular formula is C14H16N2O4. The molecule has 6 nitrogen and oxygen atoms in total. The second-order valence-corrected chi connectivity index (χ2v) is 4.81. The SMILES string of the molecule is CC(C)N1C(=O)C[C@H](NC(=O)/C=C/c2ccco2)C1=O. The maximum Gasteiger partial charge on any atom is 0.252 e. The molecule has 1 aliphatic rings. The summed E-state index contributed by atoms with van der Waals surface area (Å²) in [5, 5.41) is 2.53. The summed E-state index contributed by atoms with van der Waals surface area (Å²) in [6.07, 6.45) is 4.28. The maximum atomic E-state index is 12.0. The van der Waals surface area contributed by atoms with E-state index in [1.165, 1.54) is 23.3 Å². The summed E-state index contributed by atoms with van der Waals surface area (Å²) in [6, 6.07) is 2.43. The molecule has 3 amide bonds. The average Bonchev–Trinajstić information content (AvgIpc) is 2.96. The van der Waals surface area contributed by atoms with Gasteiger partial charge in [0.15, 0.2) is 0 Å². The van der Waals surface area contributed by atoms with Crippen LogP contribution < -0.4 is 5.32 Å². The molecule has 0 saturated carbocycles. The van der Waals surface area contributed by atoms with Gasteiger partial charge >= 0.3 is 0 Å². The fraction of sp³-hybridized carbons (Fsp3) is 0.357. The highest BCUT2D eigenvalue weighted by Crippen LogP contribution is 2.16. The van der Waals surface area contributed by atoms with Gasteiger partial charge in [-0.25, -0.2) is 0 Å². The zero-order valence-corrected chi connectivity index (χ0v) is 11.3. The third-order valence-corrected chi connectivity index (χ3v) is 2.96. The number of amides is 3. The van der Waals surface area contributed by atoms with Gasteiger partial charge in [0.05, 0.1) is 12.7 Å². The third kappa shape index (κ3) is 2.96. The van der Waals surface area contributed by atoms with Crippen molar-refractivity contribution in [1.29, 1.82) is 0 Å². The van der Waals surface area contributed by atoms with Crippen LogP contribution in [0.1, 0.15) is 26.0 Å². The quantitative estimate of drug-likeness (QED) is 0.655. The Morgan fingerprint density at radius 1 is 1.50 bits per heavy atom. The second-order valence-electron chi connectivity index (χ2n) is 4.81. The van der Waals surface area contributed by atoms with Crippen molar-refractivity contribution >= 4 is 23.8 Å². The van der Waals surface area contributed by atoms with E-state index in [0.29, 0.717) is 5.76 Å². The molecule has 1 atom stereocenters. The summed E-state index contributed by atoms with van der Waals surface area (Å²) >= 11 is 0. The maximum absolute atomic E-state index is 12.0. The molecule has 2 rings (SSSR count). The third-order valence-electron chi connectivity index (χ3n) is 2.96. The van der Waals surface area contributed by atoms with Crippen molar-refractivity contribution in [3.8, 4) is 0 Å². The molecular weight excluding hydrogens is 260 g/mol. The highest BCUT2D eigenvalue weighted by Gasteiger charge is 2.40. The van der Waals surface area contributed by atoms with Crippen molar-refractivity contribution in [2.24, 2.45) is 0 Å². The Bertz CT molecular complexity index is 546. The zero-order valence-electron chi connectivity index (χ0n) is 11.3. The van der Waals surface area contributed by atoms with Crippen LogP contribution in [0, 0.1) is 0 Å². The molecule has 1 N–H and O–H groups in total. The zero-order chi connectivity index (χ0) is 14.7. The van der Waals surface area contributed by atoms with Gasteiger partial charge in [0.25, 0.3) is 5.91 Å². The minimum Gasteiger partial charge on any atom is -0.465 e. The largest absolute Gasteiger partial charge is 0.465 e. The highest BCUT2D eigenvalue weighted by molar-refractivity contribution is 6.08. The minimum absolute atomic E-state index is 0.0113. The summed E-state index contributed by atoms with van der Waals surface area (Å²) in [6.45, 7) is 3.52. The number of hydrogen-bond donors (Lipinski definition) is 1. The van der Waals surface area contributed by atoms with Gasteiger partial charge in [0.2, 0.25) is 11.8 Å². The number of likely N-dealkylation sites (tertiary alicyclic amines) is 1. The summed E-state index contributed by atoms with van der Waals surface area (Å²) in [5.41, 5.74) is 0. The molecule has 0 radical (unpaired) electrons. The van der Waals surface area contributed by atoms with E-state index in [4.69, 9.17) is 4.42 Å². The van der Waals surface area contributed by atoms with E-state index in [1.54, 1.807) is 26.0 Å². The van der Waals surface area contributed by atoms with Crippen LogP contribution in [0.5, 0.6) is 0 Å². The van der Waals surface area contributed by atoms with E-state index in [2.05, 4.69) is 5.32 Å². The summed E-state index contributed by atoms with van der Waals surface area (Å²) in [7, 11) is 0. The average molecular weight is 276 g/mol. The van der Waals surface area contributed by atoms with Crippen LogP contribution in [0.25, 0.3) is 6.08 Å². The van der Waals surface area contributed by atoms with Crippen LogP contribution in [-0.2, 0) is 14.4 Å². The van der Waals surface area contributed by atoms with E-state index in [9.17, 15) is 14.4 Å². The first-order valence-corrected chi connectivity index (χ1v) is 6.37. The Kier molecular flexibility index (Phi) is 4.02. The van der Waals surface area contributed by atoms with Gasteiger partial charge in [-0.05, 0) is 32.1 Å². The molecule has 0 aromatic carbocycles. The van der Waals surface area contributed by atoms with Gasteiger partial charge in [0.1, 0.15) is 11.8 Å². The van der Waals surface area contributed by atoms with Crippen LogP contribution in [0.3, 0.4) is 0 Å². The Balaban J connectivity index is 1.95. The van der Waals surface area contributed by atoms with Crippen LogP contribution in [0.2, 0.25) is 0 Å². The first kappa shape index (κ1) is 14.0. The van der Waals surface area contributed by atoms with Crippen LogP contribution in [0.15, 0.2) is 28.9 Å². The van der Waals surface area contributed by atoms with Gasteiger partial charge in [0, 0.05) is 12.1 Å². The van der Waals surface area contributed by atoms with Crippen molar-refractivity contribution in [3.63, 3.8) is 0 Å². The molecule has 0 unspecified atom stereocenters. The molecule has 0 spiro atoms. The Morgan fingerprint density at radius 2 is 2.25 bits per heavy atom. The van der Waals surface area contributed by atoms with Crippen LogP contribution in [-0.4, -0.2) is 34.7 Å². The van der Waals surface area contributed by atoms with E-state index < -0.39 is 11.9 Å². The van der Waals surface area contributed by atoms with Crippen LogP contribution in [0.4, 0.5) is 0 Å². The van der Waals surface area contributed by atoms with Crippen molar-refractivity contribution in [3.05, 3.63) is 30.2 Å². The van der Waals surface area contributed by atoms with Gasteiger partial charge in [-0.2, -0.15) is 0 Å². The summed E-state index contributed by atoms with van der Waals surface area (Å²) in [4.78, 5) is 36.5. The number of carbonyl (C=O) groups is 3. The van der Waals surface area contributed by atoms with Crippen molar-refractivity contribution in [2.75, 3.05) is 0 Å². The van der Waals surface area contributed by atoms with Crippen LogP contribution >= 0.6 is 0 Å². The van der Waals surface area contributed by atoms with Gasteiger partial charge in [-0.1, -0.05) is 0 Å². The highest BCUT2D eigenvalue weighted by atomic mass is 16.3. The van der Waals surface area contributed by atoms with Gasteiger partial charge in [-0.15, -0.1) is 0 Å². The Morgan fingerprint density at radius 3 is 2.80 bits per heavy atom. The normalized spacial score (nSPS) is 19.4. The lowest BCUT2D eigenvalue weighted by atomic mass is 10.2. The fourth-order valence-electron chi connectivity index (χ4n) is 2.07. The number of rotatable bonds is 4. The lowest BCUT2D eigenvalue weighted by Gasteiger charge is -2.18. The van der Waals surface area contributed by atoms with E-state index in [1.807, 2.05) is 0 Å². The molecule has 1 aromatic heterocycles. The van der Waals surface area contributed by atoms with Crippen molar-refractivity contribution in [2.45, 2.75) is 32.4 Å². The molecule has 0 aliphatic carbocycles. The number of imide groups is 1. The predicted octanol–water partition coefficient (Wildman–Crippen LogP) is 0.945. The van der Waals surface area contributed by atoms with E-state index >= 15 is 0 Å². The number of carbonyl (C=O) groups excluding carboxylic acids is 3. The lowest BCUT2D eigenvalue weighted by Crippen LogP contribution is -2.43. The first-order chi connectivity index (χ1) is 9.49. The molecule has 1 aromatic rings. The Hall–Kier alpha value is -2.37. The molecule has 106 valence electrons. The Labute approximate surface area is 116 Å². The van der Waals surface area contributed by atoms with Gasteiger partial charge < -0.3 is 9.73 Å². The number of furan rings is 1. The molecule has 1 aliphatic heterocycles. The molecule has 6 heteroatoms. The fourth-order valence-corrected chi connectivity index (χ4v) is 2.07. The molecule has 1 fully saturated rings. The second kappa shape index (κ2) is 5.73. The minimum atomic E-state index is -0.779. The summed E-state index contributed by atoms with van der Waals surface area (Å²) < 4.78 is 5.04. The summed E-state index contributed by atoms with van der Waals surface area (Å²) in [5.74, 6) is -0.508.